The number of anilines is 3. The molecule has 3 aliphatic rings. The molecule has 8 unspecified atom stereocenters. The maximum absolute atomic E-state index is 14.0. The Kier molecular flexibility index (Phi) is 16.3. The predicted octanol–water partition coefficient (Wildman–Crippen LogP) is -1.57. The van der Waals surface area contributed by atoms with E-state index in [-0.39, 0.29) is 57.8 Å². The summed E-state index contributed by atoms with van der Waals surface area (Å²) in [5, 5.41) is 48.8. The molecule has 15 N–H and O–H groups in total. The average Bonchev–Trinajstić information content (AvgIpc) is 1.91. The molecule has 0 bridgehead atoms. The number of nitrogens with zero attached hydrogens (tertiary/aromatic N) is 10. The van der Waals surface area contributed by atoms with Crippen LogP contribution in [-0.4, -0.2) is 169 Å². The molecular formula is C42H50N15O24P4+. The second-order valence-electron chi connectivity index (χ2n) is 19.1. The number of fused-ring (bicyclic) bond motifs is 4. The van der Waals surface area contributed by atoms with Crippen LogP contribution < -0.4 is 32.5 Å². The van der Waals surface area contributed by atoms with E-state index >= 15 is 0 Å². The van der Waals surface area contributed by atoms with Gasteiger partial charge in [0, 0.05) is 13.7 Å². The van der Waals surface area contributed by atoms with Gasteiger partial charge in [0.1, 0.15) is 55.2 Å². The van der Waals surface area contributed by atoms with Gasteiger partial charge in [-0.2, -0.15) is 13.6 Å². The molecule has 43 heteroatoms. The average molecular weight is 1270 g/mol. The number of nitrogen functional groups attached to an aromatic ring is 2. The zero-order valence-corrected chi connectivity index (χ0v) is 47.0. The number of aryl methyl sites for hydroxylation is 1. The summed E-state index contributed by atoms with van der Waals surface area (Å²) in [7, 11) is -21.3. The standard InChI is InChI=1S/C42H49N15O24P4/c1-54-16-57(34-24(54)36(63)53-42(44)51-34)38-26(59)25(58)20(75-38)11-73-82(64,65)80-85(70,71)81-83(66,67)74-12-21-29(78-84(68,69)79-40-28(61)27(60)37(77-40)56-15-49-23-33(56)50-41(43)52-35(23)62)30(72-2)39(76-21)55-14-48-22-31(46-13-47-32(22)55)45-10-17-7-8-18-5-3-4-6-19(18)9-17/h3-9,13-16,20-21,25-30,37-40,58-61H,10-12H2,1-2H3,(H10-,43,44,45,46,47,50,51,52,53,62,63,64,65,66,67,68,69,70,71)/p+1/t20-,21-,25?,26?,27?,28-,29+,30?,37-,38-,39-,40-/m1/s1. The van der Waals surface area contributed by atoms with Crippen LogP contribution in [0.1, 0.15) is 24.2 Å². The van der Waals surface area contributed by atoms with Crippen molar-refractivity contribution in [1.82, 2.24) is 53.6 Å². The van der Waals surface area contributed by atoms with Gasteiger partial charge < -0.3 is 75.7 Å². The minimum atomic E-state index is -6.25. The molecule has 3 aliphatic heterocycles. The lowest BCUT2D eigenvalue weighted by atomic mass is 10.1. The van der Waals surface area contributed by atoms with E-state index in [1.165, 1.54) is 35.2 Å². The summed E-state index contributed by atoms with van der Waals surface area (Å²) in [5.41, 5.74) is 10.4. The first kappa shape index (κ1) is 60.2. The van der Waals surface area contributed by atoms with Gasteiger partial charge in [0.15, 0.2) is 53.2 Å². The molecule has 39 nitrogen and oxygen atoms in total. The van der Waals surface area contributed by atoms with E-state index in [0.717, 1.165) is 38.9 Å². The van der Waals surface area contributed by atoms with Crippen LogP contribution in [0.25, 0.3) is 44.3 Å². The minimum Gasteiger partial charge on any atom is -0.387 e. The molecule has 456 valence electrons. The molecule has 2 aromatic carbocycles. The van der Waals surface area contributed by atoms with Crippen LogP contribution in [0, 0.1) is 0 Å². The Morgan fingerprint density at radius 2 is 1.35 bits per heavy atom. The fourth-order valence-corrected chi connectivity index (χ4v) is 14.3. The highest BCUT2D eigenvalue weighted by atomic mass is 31.3. The van der Waals surface area contributed by atoms with Crippen molar-refractivity contribution in [2.45, 2.75) is 80.4 Å². The summed E-state index contributed by atoms with van der Waals surface area (Å²) in [5.74, 6) is -0.439. The zero-order chi connectivity index (χ0) is 60.7. The monoisotopic (exact) mass is 1270 g/mol. The lowest BCUT2D eigenvalue weighted by molar-refractivity contribution is -0.745. The Morgan fingerprint density at radius 3 is 2.07 bits per heavy atom. The van der Waals surface area contributed by atoms with Crippen molar-refractivity contribution in [2.24, 2.45) is 7.05 Å². The van der Waals surface area contributed by atoms with Gasteiger partial charge in [0.25, 0.3) is 17.1 Å². The van der Waals surface area contributed by atoms with Crippen LogP contribution >= 0.6 is 31.3 Å². The number of benzene rings is 2. The third-order valence-corrected chi connectivity index (χ3v) is 18.7. The number of aliphatic hydroxyl groups is 4. The van der Waals surface area contributed by atoms with Crippen LogP contribution in [0.2, 0.25) is 0 Å². The Labute approximate surface area is 472 Å². The number of nitrogens with two attached hydrogens (primary N) is 2. The number of ether oxygens (including phenoxy) is 4. The van der Waals surface area contributed by atoms with Gasteiger partial charge in [0.2, 0.25) is 17.7 Å². The van der Waals surface area contributed by atoms with Crippen molar-refractivity contribution in [1.29, 1.82) is 0 Å². The number of H-pyrrole nitrogens is 2. The summed E-state index contributed by atoms with van der Waals surface area (Å²) >= 11 is 0. The number of aliphatic hydroxyl groups excluding tert-OH is 4. The quantitative estimate of drug-likeness (QED) is 0.0285. The van der Waals surface area contributed by atoms with Gasteiger partial charge in [-0.15, -0.1) is 0 Å². The summed E-state index contributed by atoms with van der Waals surface area (Å²) in [6, 6.07) is 13.5. The van der Waals surface area contributed by atoms with Gasteiger partial charge in [-0.25, -0.2) is 42.8 Å². The van der Waals surface area contributed by atoms with E-state index in [0.29, 0.717) is 0 Å². The normalized spacial score (nSPS) is 28.3. The lowest BCUT2D eigenvalue weighted by Crippen LogP contribution is -2.46. The molecule has 0 saturated carbocycles. The third-order valence-electron chi connectivity index (χ3n) is 13.5. The number of aromatic amines is 2. The molecule has 11 rings (SSSR count). The topological polar surface area (TPSA) is 548 Å². The molecule has 0 aliphatic carbocycles. The summed E-state index contributed by atoms with van der Waals surface area (Å²) < 4.78 is 110. The molecule has 0 radical (unpaired) electrons. The second-order valence-corrected chi connectivity index (χ2v) is 25.1. The van der Waals surface area contributed by atoms with Gasteiger partial charge >= 0.3 is 36.9 Å². The van der Waals surface area contributed by atoms with E-state index in [1.807, 2.05) is 42.5 Å². The molecule has 16 atom stereocenters. The van der Waals surface area contributed by atoms with E-state index in [2.05, 4.69) is 53.8 Å². The highest BCUT2D eigenvalue weighted by molar-refractivity contribution is 7.66. The van der Waals surface area contributed by atoms with E-state index in [4.69, 9.17) is 48.5 Å². The van der Waals surface area contributed by atoms with E-state index in [9.17, 15) is 67.8 Å². The van der Waals surface area contributed by atoms with Crippen molar-refractivity contribution in [3.8, 4) is 0 Å². The first-order valence-corrected chi connectivity index (χ1v) is 30.7. The van der Waals surface area contributed by atoms with Gasteiger partial charge in [-0.3, -0.25) is 51.4 Å². The molecule has 3 fully saturated rings. The van der Waals surface area contributed by atoms with Gasteiger partial charge in [0.05, 0.1) is 32.9 Å². The van der Waals surface area contributed by atoms with Crippen LogP contribution in [0.4, 0.5) is 17.7 Å². The number of rotatable bonds is 21. The number of aromatic nitrogens is 12. The number of phosphoric acid groups is 4. The summed E-state index contributed by atoms with van der Waals surface area (Å²) in [6.07, 6.45) is -17.3. The Balaban J connectivity index is 0.796. The fraction of sp³-hybridized carbons (Fsp3) is 0.405. The molecule has 8 aromatic rings. The maximum Gasteiger partial charge on any atom is 0.490 e. The molecule has 6 aromatic heterocycles. The van der Waals surface area contributed by atoms with E-state index in [1.54, 1.807) is 0 Å². The highest BCUT2D eigenvalue weighted by Crippen LogP contribution is 2.68. The van der Waals surface area contributed by atoms with Crippen molar-refractivity contribution >= 4 is 93.3 Å². The SMILES string of the molecule is COC1[C@@H](OP(=O)(O)O[C@H]2O[C@@H](n3cnc4c(=O)[nH]c(N)nc43)C(O)[C@H]2O)[C@@H](COP(=O)(O)OP(=O)(O)OP(=O)(O)OC[C@H]2O[C@@H]([n+]3cn(C)c4c(=O)[nH]c(N)nc43)C(O)C2O)O[C@H]1n1cnc2c(NCc3ccc4ccccc4c3)ncnc21. The third kappa shape index (κ3) is 12.2. The first-order valence-electron chi connectivity index (χ1n) is 24.7. The molecule has 0 spiro atoms. The molecule has 0 amide bonds. The number of hydrogen-bond acceptors (Lipinski definition) is 29. The van der Waals surface area contributed by atoms with Crippen molar-refractivity contribution in [2.75, 3.05) is 37.1 Å². The predicted molar refractivity (Wildman–Crippen MR) is 281 cm³/mol. The summed E-state index contributed by atoms with van der Waals surface area (Å²) in [6.45, 7) is -2.20. The number of methoxy groups -OCH3 is 1. The Hall–Kier alpha value is -6.45. The van der Waals surface area contributed by atoms with E-state index < -0.39 is 129 Å². The largest absolute Gasteiger partial charge is 0.490 e. The minimum absolute atomic E-state index is 0.0269. The maximum atomic E-state index is 14.0. The van der Waals surface area contributed by atoms with Crippen LogP contribution in [0.15, 0.2) is 77.4 Å². The van der Waals surface area contributed by atoms with Crippen molar-refractivity contribution in [3.63, 3.8) is 0 Å². The van der Waals surface area contributed by atoms with Crippen LogP contribution in [-0.2, 0) is 77.5 Å². The molecular weight excluding hydrogens is 1220 g/mol. The number of imidazole rings is 3. The smallest absolute Gasteiger partial charge is 0.387 e. The van der Waals surface area contributed by atoms with Crippen LogP contribution in [0.3, 0.4) is 0 Å². The molecule has 85 heavy (non-hydrogen) atoms. The highest BCUT2D eigenvalue weighted by Gasteiger charge is 2.55. The Bertz CT molecular complexity index is 4190. The second kappa shape index (κ2) is 23.0. The zero-order valence-electron chi connectivity index (χ0n) is 43.4. The molecule has 3 saturated heterocycles. The summed E-state index contributed by atoms with van der Waals surface area (Å²) in [4.78, 5) is 97.6. The first-order chi connectivity index (χ1) is 40.2. The van der Waals surface area contributed by atoms with Crippen molar-refractivity contribution in [3.05, 3.63) is 94.0 Å². The van der Waals surface area contributed by atoms with Gasteiger partial charge in [-0.05, 0) is 22.4 Å². The van der Waals surface area contributed by atoms with Crippen molar-refractivity contribution < 1.29 is 108 Å². The van der Waals surface area contributed by atoms with Crippen LogP contribution in [0.5, 0.6) is 0 Å². The number of hydrogen-bond donors (Lipinski definition) is 13. The number of phosphoric ester groups is 3. The number of nitrogens with one attached hydrogen (secondary N) is 3. The fourth-order valence-electron chi connectivity index (χ4n) is 9.74. The molecule has 9 heterocycles. The lowest BCUT2D eigenvalue weighted by Gasteiger charge is -2.27. The van der Waals surface area contributed by atoms with Gasteiger partial charge in [-0.1, -0.05) is 41.4 Å². The Morgan fingerprint density at radius 1 is 0.694 bits per heavy atom.